The van der Waals surface area contributed by atoms with Crippen LogP contribution in [0.5, 0.6) is 17.4 Å². The van der Waals surface area contributed by atoms with Crippen molar-refractivity contribution in [1.82, 2.24) is 15.1 Å². The second-order valence-electron chi connectivity index (χ2n) is 5.33. The average Bonchev–Trinajstić information content (AvgIpc) is 3.02. The summed E-state index contributed by atoms with van der Waals surface area (Å²) in [6.07, 6.45) is 0.888. The number of carbonyl (C=O) groups excluding carboxylic acids is 1. The van der Waals surface area contributed by atoms with Gasteiger partial charge in [0, 0.05) is 24.6 Å². The SMILES string of the molecule is COc1ccc(C(=O)NCc2cc3n(n2)CCCO3)cc1OC(F)F. The van der Waals surface area contributed by atoms with Gasteiger partial charge in [-0.1, -0.05) is 0 Å². The Balaban J connectivity index is 1.67. The van der Waals surface area contributed by atoms with E-state index in [0.29, 0.717) is 18.2 Å². The van der Waals surface area contributed by atoms with E-state index in [1.165, 1.54) is 25.3 Å². The number of nitrogens with one attached hydrogen (secondary N) is 1. The van der Waals surface area contributed by atoms with Crippen molar-refractivity contribution in [3.63, 3.8) is 0 Å². The summed E-state index contributed by atoms with van der Waals surface area (Å²) in [7, 11) is 1.33. The fraction of sp³-hybridized carbons (Fsp3) is 0.375. The van der Waals surface area contributed by atoms with E-state index >= 15 is 0 Å². The zero-order valence-corrected chi connectivity index (χ0v) is 13.5. The van der Waals surface area contributed by atoms with E-state index < -0.39 is 12.5 Å². The number of aromatic nitrogens is 2. The Morgan fingerprint density at radius 1 is 1.40 bits per heavy atom. The van der Waals surface area contributed by atoms with Crippen molar-refractivity contribution in [3.8, 4) is 17.4 Å². The largest absolute Gasteiger partial charge is 0.493 e. The fourth-order valence-corrected chi connectivity index (χ4v) is 2.48. The summed E-state index contributed by atoms with van der Waals surface area (Å²) < 4.78 is 41.4. The van der Waals surface area contributed by atoms with Crippen molar-refractivity contribution in [2.24, 2.45) is 0 Å². The van der Waals surface area contributed by atoms with Gasteiger partial charge in [-0.3, -0.25) is 4.79 Å². The van der Waals surface area contributed by atoms with E-state index in [1.54, 1.807) is 10.7 Å². The van der Waals surface area contributed by atoms with Crippen LogP contribution >= 0.6 is 0 Å². The molecule has 3 rings (SSSR count). The molecule has 2 heterocycles. The maximum atomic E-state index is 12.5. The Morgan fingerprint density at radius 2 is 2.24 bits per heavy atom. The molecule has 1 aromatic carbocycles. The maximum absolute atomic E-state index is 12.5. The van der Waals surface area contributed by atoms with E-state index in [0.717, 1.165) is 13.0 Å². The van der Waals surface area contributed by atoms with Gasteiger partial charge < -0.3 is 19.5 Å². The van der Waals surface area contributed by atoms with Crippen LogP contribution in [-0.4, -0.2) is 36.0 Å². The van der Waals surface area contributed by atoms with Gasteiger partial charge in [0.15, 0.2) is 11.5 Å². The first-order valence-corrected chi connectivity index (χ1v) is 7.67. The highest BCUT2D eigenvalue weighted by Crippen LogP contribution is 2.29. The van der Waals surface area contributed by atoms with Crippen molar-refractivity contribution in [1.29, 1.82) is 0 Å². The third kappa shape index (κ3) is 3.98. The molecule has 7 nitrogen and oxygen atoms in total. The number of nitrogens with zero attached hydrogens (tertiary/aromatic N) is 2. The topological polar surface area (TPSA) is 74.6 Å². The summed E-state index contributed by atoms with van der Waals surface area (Å²) in [5, 5.41) is 7.02. The van der Waals surface area contributed by atoms with E-state index in [9.17, 15) is 13.6 Å². The minimum Gasteiger partial charge on any atom is -0.493 e. The number of fused-ring (bicyclic) bond motifs is 1. The van der Waals surface area contributed by atoms with Crippen molar-refractivity contribution < 1.29 is 27.8 Å². The highest BCUT2D eigenvalue weighted by Gasteiger charge is 2.16. The number of halogens is 2. The average molecular weight is 353 g/mol. The molecule has 0 saturated carbocycles. The van der Waals surface area contributed by atoms with Gasteiger partial charge in [0.2, 0.25) is 5.88 Å². The summed E-state index contributed by atoms with van der Waals surface area (Å²) >= 11 is 0. The van der Waals surface area contributed by atoms with Crippen LogP contribution in [-0.2, 0) is 13.1 Å². The second-order valence-corrected chi connectivity index (χ2v) is 5.33. The quantitative estimate of drug-likeness (QED) is 0.862. The highest BCUT2D eigenvalue weighted by molar-refractivity contribution is 5.94. The van der Waals surface area contributed by atoms with Gasteiger partial charge in [0.25, 0.3) is 5.91 Å². The van der Waals surface area contributed by atoms with Crippen molar-refractivity contribution in [2.75, 3.05) is 13.7 Å². The van der Waals surface area contributed by atoms with Crippen LogP contribution < -0.4 is 19.5 Å². The maximum Gasteiger partial charge on any atom is 0.387 e. The summed E-state index contributed by atoms with van der Waals surface area (Å²) in [6, 6.07) is 5.84. The van der Waals surface area contributed by atoms with Crippen molar-refractivity contribution in [2.45, 2.75) is 26.1 Å². The summed E-state index contributed by atoms with van der Waals surface area (Å²) in [5.74, 6) is 0.160. The third-order valence-electron chi connectivity index (χ3n) is 3.63. The lowest BCUT2D eigenvalue weighted by Crippen LogP contribution is -2.23. The molecule has 0 spiro atoms. The van der Waals surface area contributed by atoms with Crippen LogP contribution in [0.4, 0.5) is 8.78 Å². The normalized spacial score (nSPS) is 13.1. The molecular formula is C16H17F2N3O4. The predicted octanol–water partition coefficient (Wildman–Crippen LogP) is 2.21. The van der Waals surface area contributed by atoms with Gasteiger partial charge in [-0.15, -0.1) is 0 Å². The Labute approximate surface area is 142 Å². The van der Waals surface area contributed by atoms with Gasteiger partial charge in [-0.25, -0.2) is 4.68 Å². The second kappa shape index (κ2) is 7.37. The molecule has 1 aliphatic heterocycles. The Kier molecular flexibility index (Phi) is 5.01. The number of hydrogen-bond acceptors (Lipinski definition) is 5. The first-order chi connectivity index (χ1) is 12.1. The molecule has 0 radical (unpaired) electrons. The molecule has 0 saturated heterocycles. The standard InChI is InChI=1S/C16H17F2N3O4/c1-23-12-4-3-10(7-13(12)25-16(17)18)15(22)19-9-11-8-14-21(20-11)5-2-6-24-14/h3-4,7-8,16H,2,5-6,9H2,1H3,(H,19,22). The van der Waals surface area contributed by atoms with Gasteiger partial charge in [0.05, 0.1) is 26.0 Å². The molecule has 2 aromatic rings. The minimum atomic E-state index is -3.01. The van der Waals surface area contributed by atoms with E-state index in [4.69, 9.17) is 9.47 Å². The molecule has 134 valence electrons. The Bertz CT molecular complexity index is 740. The van der Waals surface area contributed by atoms with E-state index in [1.807, 2.05) is 0 Å². The number of hydrogen-bond donors (Lipinski definition) is 1. The van der Waals surface area contributed by atoms with E-state index in [-0.39, 0.29) is 23.6 Å². The van der Waals surface area contributed by atoms with Crippen LogP contribution in [0, 0.1) is 0 Å². The van der Waals surface area contributed by atoms with Crippen LogP contribution in [0.15, 0.2) is 24.3 Å². The Hall–Kier alpha value is -2.84. The van der Waals surface area contributed by atoms with Crippen LogP contribution in [0.25, 0.3) is 0 Å². The number of alkyl halides is 2. The predicted molar refractivity (Wildman–Crippen MR) is 83.1 cm³/mol. The molecule has 9 heteroatoms. The number of ether oxygens (including phenoxy) is 3. The number of benzene rings is 1. The van der Waals surface area contributed by atoms with Crippen LogP contribution in [0.3, 0.4) is 0 Å². The molecule has 1 aliphatic rings. The summed E-state index contributed by atoms with van der Waals surface area (Å²) in [6.45, 7) is -1.39. The van der Waals surface area contributed by atoms with Gasteiger partial charge >= 0.3 is 6.61 Å². The number of aryl methyl sites for hydroxylation is 1. The monoisotopic (exact) mass is 353 g/mol. The number of rotatable bonds is 6. The summed E-state index contributed by atoms with van der Waals surface area (Å²) in [5.41, 5.74) is 0.833. The van der Waals surface area contributed by atoms with Crippen molar-refractivity contribution in [3.05, 3.63) is 35.5 Å². The highest BCUT2D eigenvalue weighted by atomic mass is 19.3. The summed E-state index contributed by atoms with van der Waals surface area (Å²) in [4.78, 5) is 12.2. The van der Waals surface area contributed by atoms with Crippen LogP contribution in [0.2, 0.25) is 0 Å². The molecule has 1 N–H and O–H groups in total. The smallest absolute Gasteiger partial charge is 0.387 e. The minimum absolute atomic E-state index is 0.121. The van der Waals surface area contributed by atoms with E-state index in [2.05, 4.69) is 15.2 Å². The van der Waals surface area contributed by atoms with Crippen LogP contribution in [0.1, 0.15) is 22.5 Å². The van der Waals surface area contributed by atoms with Gasteiger partial charge in [-0.05, 0) is 18.2 Å². The molecule has 0 bridgehead atoms. The Morgan fingerprint density at radius 3 is 2.96 bits per heavy atom. The zero-order valence-electron chi connectivity index (χ0n) is 13.5. The van der Waals surface area contributed by atoms with Crippen molar-refractivity contribution >= 4 is 5.91 Å². The molecule has 0 aliphatic carbocycles. The molecule has 1 aromatic heterocycles. The molecule has 1 amide bonds. The van der Waals surface area contributed by atoms with Gasteiger partial charge in [-0.2, -0.15) is 13.9 Å². The molecule has 25 heavy (non-hydrogen) atoms. The first kappa shape index (κ1) is 17.0. The molecule has 0 atom stereocenters. The number of carbonyl (C=O) groups is 1. The lowest BCUT2D eigenvalue weighted by atomic mass is 10.2. The first-order valence-electron chi connectivity index (χ1n) is 7.67. The third-order valence-corrected chi connectivity index (χ3v) is 3.63. The van der Waals surface area contributed by atoms with Gasteiger partial charge in [0.1, 0.15) is 0 Å². The number of amides is 1. The zero-order chi connectivity index (χ0) is 17.8. The molecule has 0 fully saturated rings. The molecule has 0 unspecified atom stereocenters. The fourth-order valence-electron chi connectivity index (χ4n) is 2.48. The lowest BCUT2D eigenvalue weighted by Gasteiger charge is -2.13. The molecular weight excluding hydrogens is 336 g/mol. The number of methoxy groups -OCH3 is 1. The lowest BCUT2D eigenvalue weighted by molar-refractivity contribution is -0.0512.